The predicted molar refractivity (Wildman–Crippen MR) is 78.1 cm³/mol. The van der Waals surface area contributed by atoms with Crippen LogP contribution in [0.25, 0.3) is 0 Å². The maximum atomic E-state index is 13.7. The summed E-state index contributed by atoms with van der Waals surface area (Å²) < 4.78 is 13.7. The van der Waals surface area contributed by atoms with Gasteiger partial charge in [-0.15, -0.1) is 0 Å². The maximum Gasteiger partial charge on any atom is 0.258 e. The summed E-state index contributed by atoms with van der Waals surface area (Å²) in [6.45, 7) is 1.84. The zero-order valence-electron chi connectivity index (χ0n) is 11.4. The van der Waals surface area contributed by atoms with Crippen molar-refractivity contribution >= 4 is 17.3 Å². The first-order valence-corrected chi connectivity index (χ1v) is 6.14. The second-order valence-corrected chi connectivity index (χ2v) is 4.49. The van der Waals surface area contributed by atoms with E-state index in [1.54, 1.807) is 43.4 Å². The highest BCUT2D eigenvalue weighted by Gasteiger charge is 2.16. The fraction of sp³-hybridized carbons (Fsp3) is 0.133. The van der Waals surface area contributed by atoms with E-state index in [1.807, 2.05) is 6.92 Å². The number of amides is 1. The molecule has 2 aromatic carbocycles. The summed E-state index contributed by atoms with van der Waals surface area (Å²) in [5.41, 5.74) is 4.86. The lowest BCUT2D eigenvalue weighted by atomic mass is 10.1. The second-order valence-electron chi connectivity index (χ2n) is 4.49. The van der Waals surface area contributed by atoms with Crippen molar-refractivity contribution in [3.63, 3.8) is 0 Å². The highest BCUT2D eigenvalue weighted by atomic mass is 19.1. The van der Waals surface area contributed by atoms with E-state index >= 15 is 0 Å². The largest absolute Gasteiger partial charge is 0.324 e. The van der Waals surface area contributed by atoms with E-state index < -0.39 is 5.82 Å². The number of para-hydroxylation sites is 1. The van der Waals surface area contributed by atoms with Crippen LogP contribution in [0.1, 0.15) is 15.9 Å². The number of nitrogens with two attached hydrogens (primary N) is 1. The molecule has 0 heterocycles. The van der Waals surface area contributed by atoms with Gasteiger partial charge in [0.25, 0.3) is 5.91 Å². The SMILES string of the molecule is Cc1cc(C(=O)N(C)c2ccccc2F)ccc1NN. The Morgan fingerprint density at radius 1 is 1.25 bits per heavy atom. The first-order chi connectivity index (χ1) is 9.54. The zero-order valence-corrected chi connectivity index (χ0v) is 11.4. The quantitative estimate of drug-likeness (QED) is 0.667. The Hall–Kier alpha value is -2.40. The summed E-state index contributed by atoms with van der Waals surface area (Å²) >= 11 is 0. The Morgan fingerprint density at radius 2 is 1.95 bits per heavy atom. The summed E-state index contributed by atoms with van der Waals surface area (Å²) in [6, 6.07) is 11.3. The molecule has 0 bridgehead atoms. The molecule has 0 aromatic heterocycles. The van der Waals surface area contributed by atoms with Crippen molar-refractivity contribution in [2.24, 2.45) is 5.84 Å². The number of anilines is 2. The minimum absolute atomic E-state index is 0.246. The highest BCUT2D eigenvalue weighted by molar-refractivity contribution is 6.06. The predicted octanol–water partition coefficient (Wildman–Crippen LogP) is 2.70. The second kappa shape index (κ2) is 5.71. The molecule has 0 unspecified atom stereocenters. The van der Waals surface area contributed by atoms with Crippen LogP contribution in [-0.4, -0.2) is 13.0 Å². The van der Waals surface area contributed by atoms with Crippen molar-refractivity contribution in [1.82, 2.24) is 0 Å². The summed E-state index contributed by atoms with van der Waals surface area (Å²) in [5.74, 6) is 4.65. The molecule has 2 aromatic rings. The lowest BCUT2D eigenvalue weighted by Gasteiger charge is -2.18. The number of halogens is 1. The topological polar surface area (TPSA) is 58.4 Å². The van der Waals surface area contributed by atoms with Gasteiger partial charge in [-0.3, -0.25) is 10.6 Å². The molecule has 3 N–H and O–H groups in total. The van der Waals surface area contributed by atoms with E-state index in [2.05, 4.69) is 5.43 Å². The smallest absolute Gasteiger partial charge is 0.258 e. The average Bonchev–Trinajstić information content (AvgIpc) is 2.46. The van der Waals surface area contributed by atoms with Gasteiger partial charge in [0.1, 0.15) is 5.82 Å². The molecular formula is C15H16FN3O. The van der Waals surface area contributed by atoms with Crippen LogP contribution in [0.15, 0.2) is 42.5 Å². The third kappa shape index (κ3) is 2.62. The number of carbonyl (C=O) groups excluding carboxylic acids is 1. The number of nitrogen functional groups attached to an aromatic ring is 1. The number of benzene rings is 2. The molecule has 0 saturated heterocycles. The number of hydrogen-bond acceptors (Lipinski definition) is 3. The van der Waals surface area contributed by atoms with Gasteiger partial charge in [-0.1, -0.05) is 12.1 Å². The molecule has 104 valence electrons. The van der Waals surface area contributed by atoms with Crippen LogP contribution in [0.3, 0.4) is 0 Å². The summed E-state index contributed by atoms with van der Waals surface area (Å²) in [6.07, 6.45) is 0. The Kier molecular flexibility index (Phi) is 4.00. The summed E-state index contributed by atoms with van der Waals surface area (Å²) in [5, 5.41) is 0. The minimum Gasteiger partial charge on any atom is -0.324 e. The van der Waals surface area contributed by atoms with Crippen LogP contribution in [-0.2, 0) is 0 Å². The summed E-state index contributed by atoms with van der Waals surface area (Å²) in [7, 11) is 1.55. The lowest BCUT2D eigenvalue weighted by molar-refractivity contribution is 0.0992. The fourth-order valence-electron chi connectivity index (χ4n) is 1.99. The molecule has 0 aliphatic carbocycles. The molecule has 5 heteroatoms. The van der Waals surface area contributed by atoms with Gasteiger partial charge in [0, 0.05) is 12.6 Å². The third-order valence-corrected chi connectivity index (χ3v) is 3.15. The van der Waals surface area contributed by atoms with Crippen molar-refractivity contribution in [3.8, 4) is 0 Å². The van der Waals surface area contributed by atoms with Crippen molar-refractivity contribution in [1.29, 1.82) is 0 Å². The molecule has 0 aliphatic heterocycles. The van der Waals surface area contributed by atoms with Crippen LogP contribution < -0.4 is 16.2 Å². The Labute approximate surface area is 117 Å². The molecule has 2 rings (SSSR count). The van der Waals surface area contributed by atoms with Gasteiger partial charge in [-0.05, 0) is 42.8 Å². The molecule has 1 amide bonds. The standard InChI is InChI=1S/C15H16FN3O/c1-10-9-11(7-8-13(10)18-17)15(20)19(2)14-6-4-3-5-12(14)16/h3-9,18H,17H2,1-2H3. The Bertz CT molecular complexity index is 643. The molecule has 0 fully saturated rings. The van der Waals surface area contributed by atoms with E-state index in [-0.39, 0.29) is 11.6 Å². The van der Waals surface area contributed by atoms with Crippen LogP contribution >= 0.6 is 0 Å². The van der Waals surface area contributed by atoms with E-state index in [0.717, 1.165) is 11.3 Å². The van der Waals surface area contributed by atoms with E-state index in [0.29, 0.717) is 5.56 Å². The summed E-state index contributed by atoms with van der Waals surface area (Å²) in [4.78, 5) is 13.6. The number of nitrogens with one attached hydrogen (secondary N) is 1. The maximum absolute atomic E-state index is 13.7. The number of nitrogens with zero attached hydrogens (tertiary/aromatic N) is 1. The molecule has 20 heavy (non-hydrogen) atoms. The van der Waals surface area contributed by atoms with Gasteiger partial charge in [-0.2, -0.15) is 0 Å². The molecule has 4 nitrogen and oxygen atoms in total. The van der Waals surface area contributed by atoms with E-state index in [9.17, 15) is 9.18 Å². The van der Waals surface area contributed by atoms with Gasteiger partial charge in [0.05, 0.1) is 11.4 Å². The number of aryl methyl sites for hydroxylation is 1. The van der Waals surface area contributed by atoms with Gasteiger partial charge in [0.2, 0.25) is 0 Å². The lowest BCUT2D eigenvalue weighted by Crippen LogP contribution is -2.27. The zero-order chi connectivity index (χ0) is 14.7. The number of hydrazine groups is 1. The van der Waals surface area contributed by atoms with Gasteiger partial charge in [-0.25, -0.2) is 4.39 Å². The first kappa shape index (κ1) is 14.0. The van der Waals surface area contributed by atoms with Crippen molar-refractivity contribution in [2.45, 2.75) is 6.92 Å². The Morgan fingerprint density at radius 3 is 2.55 bits per heavy atom. The molecule has 0 spiro atoms. The average molecular weight is 273 g/mol. The Balaban J connectivity index is 2.32. The van der Waals surface area contributed by atoms with Gasteiger partial charge >= 0.3 is 0 Å². The number of rotatable bonds is 3. The van der Waals surface area contributed by atoms with E-state index in [4.69, 9.17) is 5.84 Å². The van der Waals surface area contributed by atoms with Crippen LogP contribution in [0.4, 0.5) is 15.8 Å². The molecule has 0 radical (unpaired) electrons. The molecular weight excluding hydrogens is 257 g/mol. The van der Waals surface area contributed by atoms with E-state index in [1.165, 1.54) is 11.0 Å². The van der Waals surface area contributed by atoms with Gasteiger partial charge in [0.15, 0.2) is 0 Å². The highest BCUT2D eigenvalue weighted by Crippen LogP contribution is 2.21. The minimum atomic E-state index is -0.430. The molecule has 0 aliphatic rings. The number of hydrogen-bond donors (Lipinski definition) is 2. The molecule has 0 saturated carbocycles. The van der Waals surface area contributed by atoms with Crippen molar-refractivity contribution in [3.05, 3.63) is 59.4 Å². The van der Waals surface area contributed by atoms with Crippen molar-refractivity contribution < 1.29 is 9.18 Å². The first-order valence-electron chi connectivity index (χ1n) is 6.14. The van der Waals surface area contributed by atoms with Crippen LogP contribution in [0.5, 0.6) is 0 Å². The normalized spacial score (nSPS) is 10.2. The number of carbonyl (C=O) groups is 1. The molecule has 0 atom stereocenters. The van der Waals surface area contributed by atoms with Gasteiger partial charge < -0.3 is 10.3 Å². The third-order valence-electron chi connectivity index (χ3n) is 3.15. The van der Waals surface area contributed by atoms with Crippen molar-refractivity contribution in [2.75, 3.05) is 17.4 Å². The fourth-order valence-corrected chi connectivity index (χ4v) is 1.99. The van der Waals surface area contributed by atoms with Crippen LogP contribution in [0.2, 0.25) is 0 Å². The monoisotopic (exact) mass is 273 g/mol. The van der Waals surface area contributed by atoms with Crippen LogP contribution in [0, 0.1) is 12.7 Å².